The van der Waals surface area contributed by atoms with Crippen molar-refractivity contribution >= 4 is 6.09 Å². The first-order chi connectivity index (χ1) is 9.65. The summed E-state index contributed by atoms with van der Waals surface area (Å²) in [4.78, 5) is 15.5. The summed E-state index contributed by atoms with van der Waals surface area (Å²) in [6, 6.07) is 0. The Balaban J connectivity index is 2.12. The quantitative estimate of drug-likeness (QED) is 0.890. The molecule has 1 amide bonds. The molecule has 1 aliphatic carbocycles. The lowest BCUT2D eigenvalue weighted by Gasteiger charge is -2.41. The van der Waals surface area contributed by atoms with Gasteiger partial charge in [0, 0.05) is 17.9 Å². The van der Waals surface area contributed by atoms with E-state index in [9.17, 15) is 4.79 Å². The van der Waals surface area contributed by atoms with Gasteiger partial charge in [0.25, 0.3) is 0 Å². The number of aromatic nitrogens is 2. The Morgan fingerprint density at radius 1 is 1.48 bits per heavy atom. The number of amides is 1. The van der Waals surface area contributed by atoms with Crippen LogP contribution in [0.4, 0.5) is 4.79 Å². The van der Waals surface area contributed by atoms with Crippen molar-refractivity contribution in [1.29, 1.82) is 0 Å². The molecular weight excluding hydrogens is 270 g/mol. The molecule has 6 heteroatoms. The molecule has 1 fully saturated rings. The van der Waals surface area contributed by atoms with Crippen molar-refractivity contribution < 1.29 is 14.4 Å². The van der Waals surface area contributed by atoms with E-state index in [0.29, 0.717) is 11.8 Å². The second-order valence-electron chi connectivity index (χ2n) is 7.13. The standard InChI is InChI=1S/C15H25N3O3/c1-9(2)12-16-11(18-21-12)8-10-6-7-15(5,14(10,3)4)17-13(19)20/h9-10,17H,6-8H2,1-5H3,(H,19,20)/t10-,15?/m0/s1. The van der Waals surface area contributed by atoms with Crippen molar-refractivity contribution in [2.45, 2.75) is 65.3 Å². The van der Waals surface area contributed by atoms with Crippen LogP contribution in [0.25, 0.3) is 0 Å². The molecule has 1 saturated carbocycles. The number of nitrogens with zero attached hydrogens (tertiary/aromatic N) is 2. The maximum Gasteiger partial charge on any atom is 0.405 e. The van der Waals surface area contributed by atoms with Gasteiger partial charge in [-0.1, -0.05) is 32.9 Å². The lowest BCUT2D eigenvalue weighted by atomic mass is 9.70. The second-order valence-corrected chi connectivity index (χ2v) is 7.13. The molecule has 118 valence electrons. The first-order valence-electron chi connectivity index (χ1n) is 7.49. The van der Waals surface area contributed by atoms with E-state index >= 15 is 0 Å². The Morgan fingerprint density at radius 3 is 2.67 bits per heavy atom. The van der Waals surface area contributed by atoms with Crippen LogP contribution < -0.4 is 5.32 Å². The number of rotatable bonds is 4. The predicted octanol–water partition coefficient (Wildman–Crippen LogP) is 3.20. The van der Waals surface area contributed by atoms with Gasteiger partial charge in [0.1, 0.15) is 0 Å². The van der Waals surface area contributed by atoms with E-state index in [1.165, 1.54) is 0 Å². The molecule has 1 unspecified atom stereocenters. The highest BCUT2D eigenvalue weighted by Crippen LogP contribution is 2.51. The Morgan fingerprint density at radius 2 is 2.14 bits per heavy atom. The first-order valence-corrected chi connectivity index (χ1v) is 7.49. The fourth-order valence-electron chi connectivity index (χ4n) is 3.22. The molecule has 21 heavy (non-hydrogen) atoms. The smallest absolute Gasteiger partial charge is 0.405 e. The molecule has 6 nitrogen and oxygen atoms in total. The Hall–Kier alpha value is -1.59. The highest BCUT2D eigenvalue weighted by molar-refractivity contribution is 5.66. The van der Waals surface area contributed by atoms with Crippen LogP contribution >= 0.6 is 0 Å². The summed E-state index contributed by atoms with van der Waals surface area (Å²) >= 11 is 0. The molecule has 0 radical (unpaired) electrons. The van der Waals surface area contributed by atoms with Gasteiger partial charge in [0.2, 0.25) is 5.89 Å². The summed E-state index contributed by atoms with van der Waals surface area (Å²) in [6.45, 7) is 10.3. The predicted molar refractivity (Wildman–Crippen MR) is 78.2 cm³/mol. The summed E-state index contributed by atoms with van der Waals surface area (Å²) < 4.78 is 5.25. The molecule has 1 heterocycles. The van der Waals surface area contributed by atoms with Crippen LogP contribution in [-0.2, 0) is 6.42 Å². The van der Waals surface area contributed by atoms with E-state index in [1.54, 1.807) is 0 Å². The molecule has 0 bridgehead atoms. The Labute approximate surface area is 125 Å². The summed E-state index contributed by atoms with van der Waals surface area (Å²) in [5.41, 5.74) is -0.585. The number of hydrogen-bond donors (Lipinski definition) is 2. The van der Waals surface area contributed by atoms with E-state index < -0.39 is 11.6 Å². The van der Waals surface area contributed by atoms with Gasteiger partial charge in [-0.3, -0.25) is 0 Å². The topological polar surface area (TPSA) is 88.2 Å². The zero-order valence-electron chi connectivity index (χ0n) is 13.4. The molecule has 1 aromatic heterocycles. The third-order valence-corrected chi connectivity index (χ3v) is 5.23. The molecule has 2 N–H and O–H groups in total. The summed E-state index contributed by atoms with van der Waals surface area (Å²) in [5, 5.41) is 15.8. The van der Waals surface area contributed by atoms with Crippen LogP contribution in [0.15, 0.2) is 4.52 Å². The van der Waals surface area contributed by atoms with Crippen molar-refractivity contribution in [3.05, 3.63) is 11.7 Å². The van der Waals surface area contributed by atoms with E-state index in [0.717, 1.165) is 25.1 Å². The monoisotopic (exact) mass is 295 g/mol. The van der Waals surface area contributed by atoms with Crippen molar-refractivity contribution in [2.24, 2.45) is 11.3 Å². The van der Waals surface area contributed by atoms with Crippen molar-refractivity contribution in [1.82, 2.24) is 15.5 Å². The molecule has 0 saturated heterocycles. The van der Waals surface area contributed by atoms with Gasteiger partial charge < -0.3 is 14.9 Å². The lowest BCUT2D eigenvalue weighted by Crippen LogP contribution is -2.54. The van der Waals surface area contributed by atoms with Gasteiger partial charge >= 0.3 is 6.09 Å². The third kappa shape index (κ3) is 2.89. The minimum absolute atomic E-state index is 0.163. The fourth-order valence-corrected chi connectivity index (χ4v) is 3.22. The Bertz CT molecular complexity index is 524. The van der Waals surface area contributed by atoms with Gasteiger partial charge in [-0.15, -0.1) is 0 Å². The van der Waals surface area contributed by atoms with E-state index in [4.69, 9.17) is 9.63 Å². The largest absolute Gasteiger partial charge is 0.465 e. The molecule has 0 aromatic carbocycles. The van der Waals surface area contributed by atoms with Crippen LogP contribution in [0.1, 0.15) is 65.1 Å². The zero-order chi connectivity index (χ0) is 15.8. The van der Waals surface area contributed by atoms with Crippen LogP contribution in [0, 0.1) is 11.3 Å². The van der Waals surface area contributed by atoms with Crippen LogP contribution in [0.2, 0.25) is 0 Å². The lowest BCUT2D eigenvalue weighted by molar-refractivity contribution is 0.114. The fraction of sp³-hybridized carbons (Fsp3) is 0.800. The van der Waals surface area contributed by atoms with Crippen molar-refractivity contribution in [3.8, 4) is 0 Å². The first kappa shape index (κ1) is 15.8. The number of carbonyl (C=O) groups is 1. The van der Waals surface area contributed by atoms with Crippen molar-refractivity contribution in [2.75, 3.05) is 0 Å². The Kier molecular flexibility index (Phi) is 4.00. The minimum atomic E-state index is -0.965. The molecule has 2 atom stereocenters. The van der Waals surface area contributed by atoms with E-state index in [-0.39, 0.29) is 11.3 Å². The average molecular weight is 295 g/mol. The molecular formula is C15H25N3O3. The van der Waals surface area contributed by atoms with Gasteiger partial charge in [0.15, 0.2) is 5.82 Å². The van der Waals surface area contributed by atoms with Gasteiger partial charge in [0.05, 0.1) is 0 Å². The maximum atomic E-state index is 11.0. The second kappa shape index (κ2) is 5.31. The molecule has 0 spiro atoms. The third-order valence-electron chi connectivity index (χ3n) is 5.23. The summed E-state index contributed by atoms with van der Waals surface area (Å²) in [5.74, 6) is 1.93. The number of nitrogens with one attached hydrogen (secondary N) is 1. The summed E-state index contributed by atoms with van der Waals surface area (Å²) in [7, 11) is 0. The molecule has 1 aromatic rings. The van der Waals surface area contributed by atoms with Gasteiger partial charge in [-0.25, -0.2) is 4.79 Å². The summed E-state index contributed by atoms with van der Waals surface area (Å²) in [6.07, 6.45) is 1.54. The normalized spacial score (nSPS) is 28.0. The number of carboxylic acid groups (broad SMARTS) is 1. The average Bonchev–Trinajstić information content (AvgIpc) is 2.88. The zero-order valence-corrected chi connectivity index (χ0v) is 13.4. The van der Waals surface area contributed by atoms with Crippen molar-refractivity contribution in [3.63, 3.8) is 0 Å². The van der Waals surface area contributed by atoms with Crippen LogP contribution in [-0.4, -0.2) is 26.9 Å². The van der Waals surface area contributed by atoms with Crippen LogP contribution in [0.5, 0.6) is 0 Å². The van der Waals surface area contributed by atoms with E-state index in [1.807, 2.05) is 20.8 Å². The maximum absolute atomic E-state index is 11.0. The highest BCUT2D eigenvalue weighted by atomic mass is 16.5. The van der Waals surface area contributed by atoms with Crippen LogP contribution in [0.3, 0.4) is 0 Å². The number of hydrogen-bond acceptors (Lipinski definition) is 4. The minimum Gasteiger partial charge on any atom is -0.465 e. The van der Waals surface area contributed by atoms with E-state index in [2.05, 4.69) is 29.3 Å². The molecule has 0 aliphatic heterocycles. The molecule has 2 rings (SSSR count). The van der Waals surface area contributed by atoms with Gasteiger partial charge in [-0.2, -0.15) is 4.98 Å². The van der Waals surface area contributed by atoms with Gasteiger partial charge in [-0.05, 0) is 31.1 Å². The molecule has 1 aliphatic rings. The SMILES string of the molecule is CC(C)c1nc(C[C@@H]2CCC(C)(NC(=O)O)C2(C)C)no1. The highest BCUT2D eigenvalue weighted by Gasteiger charge is 2.52.